The number of methoxy groups -OCH3 is 1. The third kappa shape index (κ3) is 3.85. The van der Waals surface area contributed by atoms with Crippen LogP contribution in [0.5, 0.6) is 0 Å². The smallest absolute Gasteiger partial charge is 0.0560 e. The lowest BCUT2D eigenvalue weighted by atomic mass is 9.93. The topological polar surface area (TPSA) is 35.2 Å². The molecule has 0 saturated carbocycles. The number of nitrogens with two attached hydrogens (primary N) is 1. The lowest BCUT2D eigenvalue weighted by molar-refractivity contribution is 0.0902. The second-order valence-electron chi connectivity index (χ2n) is 3.26. The first-order valence-corrected chi connectivity index (χ1v) is 3.83. The Bertz CT molecular complexity index is 91.3. The third-order valence-corrected chi connectivity index (χ3v) is 1.96. The molecule has 62 valence electrons. The van der Waals surface area contributed by atoms with E-state index in [1.54, 1.807) is 7.11 Å². The summed E-state index contributed by atoms with van der Waals surface area (Å²) in [5.41, 5.74) is 5.85. The highest BCUT2D eigenvalue weighted by atomic mass is 16.5. The maximum atomic E-state index is 5.91. The first kappa shape index (κ1) is 9.92. The van der Waals surface area contributed by atoms with E-state index in [0.717, 1.165) is 12.8 Å². The van der Waals surface area contributed by atoms with Gasteiger partial charge in [-0.05, 0) is 26.7 Å². The van der Waals surface area contributed by atoms with E-state index < -0.39 is 0 Å². The molecule has 0 aliphatic rings. The molecule has 0 aromatic carbocycles. The average molecular weight is 145 g/mol. The molecule has 2 unspecified atom stereocenters. The summed E-state index contributed by atoms with van der Waals surface area (Å²) in [6, 6.07) is 0. The van der Waals surface area contributed by atoms with Gasteiger partial charge in [0.2, 0.25) is 0 Å². The molecular formula is C8H19NO. The van der Waals surface area contributed by atoms with Gasteiger partial charge in [-0.3, -0.25) is 0 Å². The molecule has 10 heavy (non-hydrogen) atoms. The molecule has 2 atom stereocenters. The van der Waals surface area contributed by atoms with Crippen molar-refractivity contribution in [1.29, 1.82) is 0 Å². The molecular weight excluding hydrogens is 126 g/mol. The van der Waals surface area contributed by atoms with E-state index in [9.17, 15) is 0 Å². The zero-order valence-electron chi connectivity index (χ0n) is 7.48. The second kappa shape index (κ2) is 3.94. The van der Waals surface area contributed by atoms with Crippen LogP contribution in [0.25, 0.3) is 0 Å². The summed E-state index contributed by atoms with van der Waals surface area (Å²) in [5, 5.41) is 0. The first-order valence-electron chi connectivity index (χ1n) is 3.83. The zero-order valence-corrected chi connectivity index (χ0v) is 7.48. The van der Waals surface area contributed by atoms with E-state index in [2.05, 4.69) is 13.8 Å². The Morgan fingerprint density at radius 1 is 1.60 bits per heavy atom. The van der Waals surface area contributed by atoms with Gasteiger partial charge in [0.25, 0.3) is 0 Å². The van der Waals surface area contributed by atoms with Gasteiger partial charge >= 0.3 is 0 Å². The quantitative estimate of drug-likeness (QED) is 0.651. The normalized spacial score (nSPS) is 20.1. The summed E-state index contributed by atoms with van der Waals surface area (Å²) in [6.45, 7) is 6.20. The maximum Gasteiger partial charge on any atom is 0.0560 e. The second-order valence-corrected chi connectivity index (χ2v) is 3.26. The highest BCUT2D eigenvalue weighted by Crippen LogP contribution is 2.13. The van der Waals surface area contributed by atoms with Crippen molar-refractivity contribution in [3.8, 4) is 0 Å². The number of hydrogen-bond acceptors (Lipinski definition) is 2. The van der Waals surface area contributed by atoms with Crippen LogP contribution in [0, 0.1) is 0 Å². The van der Waals surface area contributed by atoms with Crippen LogP contribution in [-0.2, 0) is 4.74 Å². The van der Waals surface area contributed by atoms with Crippen molar-refractivity contribution in [1.82, 2.24) is 0 Å². The van der Waals surface area contributed by atoms with E-state index in [4.69, 9.17) is 10.5 Å². The largest absolute Gasteiger partial charge is 0.382 e. The molecule has 0 amide bonds. The fraction of sp³-hybridized carbons (Fsp3) is 1.00. The standard InChI is InChI=1S/C8H19NO/c1-5-8(3,9)6-7(2)10-4/h7H,5-6,9H2,1-4H3. The Hall–Kier alpha value is -0.0800. The van der Waals surface area contributed by atoms with Gasteiger partial charge in [-0.1, -0.05) is 6.92 Å². The Balaban J connectivity index is 3.64. The van der Waals surface area contributed by atoms with E-state index in [1.165, 1.54) is 0 Å². The summed E-state index contributed by atoms with van der Waals surface area (Å²) >= 11 is 0. The minimum atomic E-state index is -0.0601. The van der Waals surface area contributed by atoms with Crippen LogP contribution >= 0.6 is 0 Å². The highest BCUT2D eigenvalue weighted by molar-refractivity contribution is 4.78. The predicted molar refractivity (Wildman–Crippen MR) is 44.0 cm³/mol. The highest BCUT2D eigenvalue weighted by Gasteiger charge is 2.18. The van der Waals surface area contributed by atoms with Crippen molar-refractivity contribution in [3.63, 3.8) is 0 Å². The Morgan fingerprint density at radius 2 is 2.10 bits per heavy atom. The minimum absolute atomic E-state index is 0.0601. The van der Waals surface area contributed by atoms with Gasteiger partial charge < -0.3 is 10.5 Å². The van der Waals surface area contributed by atoms with Gasteiger partial charge in [-0.2, -0.15) is 0 Å². The number of ether oxygens (including phenoxy) is 1. The first-order chi connectivity index (χ1) is 4.52. The number of rotatable bonds is 4. The van der Waals surface area contributed by atoms with Gasteiger partial charge in [0, 0.05) is 12.6 Å². The van der Waals surface area contributed by atoms with Gasteiger partial charge in [0.15, 0.2) is 0 Å². The Kier molecular flexibility index (Phi) is 3.91. The van der Waals surface area contributed by atoms with E-state index in [1.807, 2.05) is 6.92 Å². The van der Waals surface area contributed by atoms with Crippen molar-refractivity contribution in [2.45, 2.75) is 45.3 Å². The summed E-state index contributed by atoms with van der Waals surface area (Å²) in [6.07, 6.45) is 2.20. The lowest BCUT2D eigenvalue weighted by Gasteiger charge is -2.25. The Labute approximate surface area is 63.7 Å². The van der Waals surface area contributed by atoms with Gasteiger partial charge in [0.05, 0.1) is 6.10 Å². The molecule has 2 nitrogen and oxygen atoms in total. The van der Waals surface area contributed by atoms with Crippen LogP contribution in [0.2, 0.25) is 0 Å². The molecule has 0 aromatic rings. The third-order valence-electron chi connectivity index (χ3n) is 1.96. The molecule has 0 heterocycles. The SMILES string of the molecule is CCC(C)(N)CC(C)OC. The summed E-state index contributed by atoms with van der Waals surface area (Å²) in [5.74, 6) is 0. The molecule has 0 radical (unpaired) electrons. The Morgan fingerprint density at radius 3 is 2.40 bits per heavy atom. The van der Waals surface area contributed by atoms with Crippen molar-refractivity contribution in [2.75, 3.05) is 7.11 Å². The van der Waals surface area contributed by atoms with Crippen molar-refractivity contribution >= 4 is 0 Å². The van der Waals surface area contributed by atoms with Crippen LogP contribution in [-0.4, -0.2) is 18.8 Å². The van der Waals surface area contributed by atoms with Gasteiger partial charge in [-0.15, -0.1) is 0 Å². The van der Waals surface area contributed by atoms with Crippen molar-refractivity contribution in [3.05, 3.63) is 0 Å². The zero-order chi connectivity index (χ0) is 8.20. The van der Waals surface area contributed by atoms with Gasteiger partial charge in [0.1, 0.15) is 0 Å². The van der Waals surface area contributed by atoms with Crippen LogP contribution in [0.3, 0.4) is 0 Å². The van der Waals surface area contributed by atoms with Crippen molar-refractivity contribution in [2.24, 2.45) is 5.73 Å². The maximum absolute atomic E-state index is 5.91. The molecule has 0 saturated heterocycles. The summed E-state index contributed by atoms with van der Waals surface area (Å²) < 4.78 is 5.11. The molecule has 2 N–H and O–H groups in total. The van der Waals surface area contributed by atoms with E-state index in [-0.39, 0.29) is 11.6 Å². The average Bonchev–Trinajstić information content (AvgIpc) is 1.87. The molecule has 0 aliphatic heterocycles. The van der Waals surface area contributed by atoms with Crippen LogP contribution < -0.4 is 5.73 Å². The molecule has 0 spiro atoms. The van der Waals surface area contributed by atoms with Crippen LogP contribution in [0.1, 0.15) is 33.6 Å². The molecule has 2 heteroatoms. The number of hydrogen-bond donors (Lipinski definition) is 1. The molecule has 0 fully saturated rings. The van der Waals surface area contributed by atoms with Crippen molar-refractivity contribution < 1.29 is 4.74 Å². The van der Waals surface area contributed by atoms with Crippen LogP contribution in [0.4, 0.5) is 0 Å². The molecule has 0 aromatic heterocycles. The summed E-state index contributed by atoms with van der Waals surface area (Å²) in [4.78, 5) is 0. The van der Waals surface area contributed by atoms with E-state index >= 15 is 0 Å². The monoisotopic (exact) mass is 145 g/mol. The van der Waals surface area contributed by atoms with E-state index in [0.29, 0.717) is 0 Å². The fourth-order valence-corrected chi connectivity index (χ4v) is 0.884. The molecule has 0 bridgehead atoms. The fourth-order valence-electron chi connectivity index (χ4n) is 0.884. The van der Waals surface area contributed by atoms with Gasteiger partial charge in [-0.25, -0.2) is 0 Å². The van der Waals surface area contributed by atoms with Crippen LogP contribution in [0.15, 0.2) is 0 Å². The summed E-state index contributed by atoms with van der Waals surface area (Å²) in [7, 11) is 1.72. The predicted octanol–water partition coefficient (Wildman–Crippen LogP) is 1.54. The molecule has 0 rings (SSSR count). The lowest BCUT2D eigenvalue weighted by Crippen LogP contribution is -2.38. The minimum Gasteiger partial charge on any atom is -0.382 e. The molecule has 0 aliphatic carbocycles.